The van der Waals surface area contributed by atoms with Gasteiger partial charge in [-0.15, -0.1) is 0 Å². The fourth-order valence-electron chi connectivity index (χ4n) is 0.586. The average Bonchev–Trinajstić information content (AvgIpc) is 1.87. The number of nitrogens with two attached hydrogens (primary N) is 1. The molecule has 0 spiro atoms. The molecular formula is C6H14N2O2. The van der Waals surface area contributed by atoms with Crippen LogP contribution in [-0.2, 0) is 4.79 Å². The number of hydrogen-bond acceptors (Lipinski definition) is 3. The molecular weight excluding hydrogens is 132 g/mol. The molecule has 3 N–H and O–H groups in total. The summed E-state index contributed by atoms with van der Waals surface area (Å²) in [6.45, 7) is 2.75. The van der Waals surface area contributed by atoms with E-state index in [9.17, 15) is 4.79 Å². The molecule has 10 heavy (non-hydrogen) atoms. The Bertz CT molecular complexity index is 116. The number of nitrogens with zero attached hydrogens (tertiary/aromatic N) is 1. The van der Waals surface area contributed by atoms with Gasteiger partial charge in [-0.3, -0.25) is 9.69 Å². The molecule has 0 amide bonds. The van der Waals surface area contributed by atoms with Gasteiger partial charge in [-0.05, 0) is 14.0 Å². The number of carboxylic acids is 1. The molecule has 1 unspecified atom stereocenters. The average molecular weight is 146 g/mol. The Morgan fingerprint density at radius 3 is 2.60 bits per heavy atom. The van der Waals surface area contributed by atoms with Crippen LogP contribution in [0.15, 0.2) is 0 Å². The number of hydrogen-bond donors (Lipinski definition) is 2. The number of aliphatic carboxylic acids is 1. The highest BCUT2D eigenvalue weighted by atomic mass is 16.4. The summed E-state index contributed by atoms with van der Waals surface area (Å²) in [7, 11) is 1.74. The van der Waals surface area contributed by atoms with E-state index in [0.29, 0.717) is 13.1 Å². The van der Waals surface area contributed by atoms with Gasteiger partial charge in [-0.1, -0.05) is 0 Å². The van der Waals surface area contributed by atoms with E-state index in [0.717, 1.165) is 0 Å². The molecule has 1 atom stereocenters. The van der Waals surface area contributed by atoms with Crippen LogP contribution in [0.2, 0.25) is 0 Å². The summed E-state index contributed by atoms with van der Waals surface area (Å²) < 4.78 is 0. The second-order valence-corrected chi connectivity index (χ2v) is 2.28. The van der Waals surface area contributed by atoms with Gasteiger partial charge in [-0.2, -0.15) is 0 Å². The minimum absolute atomic E-state index is 0.441. The third-order valence-electron chi connectivity index (χ3n) is 1.50. The van der Waals surface area contributed by atoms with Gasteiger partial charge in [0.2, 0.25) is 0 Å². The quantitative estimate of drug-likeness (QED) is 0.553. The van der Waals surface area contributed by atoms with Gasteiger partial charge in [0.25, 0.3) is 0 Å². The molecule has 0 aliphatic heterocycles. The summed E-state index contributed by atoms with van der Waals surface area (Å²) in [5, 5.41) is 8.50. The first-order valence-electron chi connectivity index (χ1n) is 3.22. The SMILES string of the molecule is CC(C(=O)O)N(C)CCN. The van der Waals surface area contributed by atoms with Crippen molar-refractivity contribution in [2.45, 2.75) is 13.0 Å². The van der Waals surface area contributed by atoms with Crippen molar-refractivity contribution >= 4 is 5.97 Å². The lowest BCUT2D eigenvalue weighted by Crippen LogP contribution is -2.38. The third-order valence-corrected chi connectivity index (χ3v) is 1.50. The van der Waals surface area contributed by atoms with Gasteiger partial charge in [0.05, 0.1) is 0 Å². The fourth-order valence-corrected chi connectivity index (χ4v) is 0.586. The fraction of sp³-hybridized carbons (Fsp3) is 0.833. The number of rotatable bonds is 4. The van der Waals surface area contributed by atoms with Crippen molar-refractivity contribution in [1.82, 2.24) is 4.90 Å². The van der Waals surface area contributed by atoms with Gasteiger partial charge < -0.3 is 10.8 Å². The Morgan fingerprint density at radius 2 is 2.30 bits per heavy atom. The highest BCUT2D eigenvalue weighted by Gasteiger charge is 2.14. The summed E-state index contributed by atoms with van der Waals surface area (Å²) in [6.07, 6.45) is 0. The minimum atomic E-state index is -0.809. The lowest BCUT2D eigenvalue weighted by molar-refractivity contribution is -0.142. The minimum Gasteiger partial charge on any atom is -0.480 e. The third kappa shape index (κ3) is 2.80. The molecule has 0 saturated heterocycles. The van der Waals surface area contributed by atoms with Crippen molar-refractivity contribution in [3.8, 4) is 0 Å². The standard InChI is InChI=1S/C6H14N2O2/c1-5(6(9)10)8(2)4-3-7/h5H,3-4,7H2,1-2H3,(H,9,10). The second-order valence-electron chi connectivity index (χ2n) is 2.28. The maximum Gasteiger partial charge on any atom is 0.320 e. The Kier molecular flexibility index (Phi) is 3.99. The summed E-state index contributed by atoms with van der Waals surface area (Å²) >= 11 is 0. The molecule has 0 saturated carbocycles. The molecule has 0 radical (unpaired) electrons. The van der Waals surface area contributed by atoms with Gasteiger partial charge >= 0.3 is 5.97 Å². The Hall–Kier alpha value is -0.610. The van der Waals surface area contributed by atoms with Crippen molar-refractivity contribution in [3.63, 3.8) is 0 Å². The maximum absolute atomic E-state index is 10.3. The molecule has 0 heterocycles. The normalized spacial score (nSPS) is 13.6. The Labute approximate surface area is 60.6 Å². The van der Waals surface area contributed by atoms with Crippen LogP contribution < -0.4 is 5.73 Å². The van der Waals surface area contributed by atoms with Crippen molar-refractivity contribution < 1.29 is 9.90 Å². The molecule has 0 aliphatic rings. The first kappa shape index (κ1) is 9.39. The Morgan fingerprint density at radius 1 is 1.80 bits per heavy atom. The topological polar surface area (TPSA) is 66.6 Å². The summed E-state index contributed by atoms with van der Waals surface area (Å²) in [5.74, 6) is -0.809. The molecule has 4 nitrogen and oxygen atoms in total. The zero-order valence-electron chi connectivity index (χ0n) is 6.37. The van der Waals surface area contributed by atoms with Gasteiger partial charge in [0.1, 0.15) is 6.04 Å². The number of carbonyl (C=O) groups is 1. The van der Waals surface area contributed by atoms with Gasteiger partial charge in [0.15, 0.2) is 0 Å². The van der Waals surface area contributed by atoms with Crippen LogP contribution in [0.3, 0.4) is 0 Å². The van der Waals surface area contributed by atoms with Crippen molar-refractivity contribution in [2.24, 2.45) is 5.73 Å². The van der Waals surface area contributed by atoms with E-state index in [1.165, 1.54) is 0 Å². The van der Waals surface area contributed by atoms with Crippen LogP contribution in [-0.4, -0.2) is 42.2 Å². The summed E-state index contributed by atoms with van der Waals surface area (Å²) in [6, 6.07) is -0.441. The molecule has 0 aromatic heterocycles. The molecule has 0 aromatic rings. The van der Waals surface area contributed by atoms with E-state index in [2.05, 4.69) is 0 Å². The predicted molar refractivity (Wildman–Crippen MR) is 38.8 cm³/mol. The van der Waals surface area contributed by atoms with Crippen molar-refractivity contribution in [2.75, 3.05) is 20.1 Å². The van der Waals surface area contributed by atoms with Crippen molar-refractivity contribution in [3.05, 3.63) is 0 Å². The summed E-state index contributed by atoms with van der Waals surface area (Å²) in [4.78, 5) is 12.0. The lowest BCUT2D eigenvalue weighted by Gasteiger charge is -2.19. The van der Waals surface area contributed by atoms with Crippen LogP contribution in [0, 0.1) is 0 Å². The molecule has 0 aliphatic carbocycles. The van der Waals surface area contributed by atoms with Gasteiger partial charge in [-0.25, -0.2) is 0 Å². The van der Waals surface area contributed by atoms with Crippen LogP contribution in [0.5, 0.6) is 0 Å². The van der Waals surface area contributed by atoms with E-state index in [-0.39, 0.29) is 0 Å². The van der Waals surface area contributed by atoms with E-state index in [1.807, 2.05) is 0 Å². The zero-order valence-corrected chi connectivity index (χ0v) is 6.37. The number of carboxylic acid groups (broad SMARTS) is 1. The molecule has 0 fully saturated rings. The van der Waals surface area contributed by atoms with E-state index in [1.54, 1.807) is 18.9 Å². The highest BCUT2D eigenvalue weighted by Crippen LogP contribution is 1.92. The molecule has 0 bridgehead atoms. The van der Waals surface area contributed by atoms with Crippen molar-refractivity contribution in [1.29, 1.82) is 0 Å². The first-order chi connectivity index (χ1) is 4.59. The first-order valence-corrected chi connectivity index (χ1v) is 3.22. The van der Waals surface area contributed by atoms with Crippen LogP contribution in [0.4, 0.5) is 0 Å². The largest absolute Gasteiger partial charge is 0.480 e. The van der Waals surface area contributed by atoms with Crippen LogP contribution in [0.25, 0.3) is 0 Å². The van der Waals surface area contributed by atoms with E-state index < -0.39 is 12.0 Å². The second kappa shape index (κ2) is 4.24. The van der Waals surface area contributed by atoms with E-state index in [4.69, 9.17) is 10.8 Å². The monoisotopic (exact) mass is 146 g/mol. The Balaban J connectivity index is 3.69. The lowest BCUT2D eigenvalue weighted by atomic mass is 10.3. The highest BCUT2D eigenvalue weighted by molar-refractivity contribution is 5.72. The smallest absolute Gasteiger partial charge is 0.320 e. The number of likely N-dealkylation sites (N-methyl/N-ethyl adjacent to an activating group) is 1. The predicted octanol–water partition coefficient (Wildman–Crippen LogP) is -0.650. The van der Waals surface area contributed by atoms with Crippen LogP contribution >= 0.6 is 0 Å². The summed E-state index contributed by atoms with van der Waals surface area (Å²) in [5.41, 5.74) is 5.23. The maximum atomic E-state index is 10.3. The molecule has 0 rings (SSSR count). The van der Waals surface area contributed by atoms with E-state index >= 15 is 0 Å². The molecule has 60 valence electrons. The molecule has 4 heteroatoms. The van der Waals surface area contributed by atoms with Gasteiger partial charge in [0, 0.05) is 13.1 Å². The zero-order chi connectivity index (χ0) is 8.15. The molecule has 0 aromatic carbocycles. The van der Waals surface area contributed by atoms with Crippen LogP contribution in [0.1, 0.15) is 6.92 Å².